The standard InChI is InChI=1S/C11H22N2O4/c1-4-13(3)11-12-5-9(17-11)8(6-14)10(16)7(2)15/h7-10,14-16H,4-6H2,1-3H3/t7-,8+,9?,10+/m1/s1. The molecule has 100 valence electrons. The maximum Gasteiger partial charge on any atom is 0.287 e. The topological polar surface area (TPSA) is 85.5 Å². The molecule has 1 heterocycles. The van der Waals surface area contributed by atoms with E-state index in [1.807, 2.05) is 18.9 Å². The van der Waals surface area contributed by atoms with Crippen molar-refractivity contribution in [2.24, 2.45) is 10.9 Å². The van der Waals surface area contributed by atoms with Gasteiger partial charge in [-0.1, -0.05) is 0 Å². The fraction of sp³-hybridized carbons (Fsp3) is 0.909. The first-order chi connectivity index (χ1) is 8.01. The number of hydrogen-bond acceptors (Lipinski definition) is 6. The van der Waals surface area contributed by atoms with E-state index in [0.717, 1.165) is 6.54 Å². The molecule has 0 aliphatic carbocycles. The van der Waals surface area contributed by atoms with Crippen molar-refractivity contribution < 1.29 is 20.1 Å². The van der Waals surface area contributed by atoms with Gasteiger partial charge in [0.25, 0.3) is 6.02 Å². The van der Waals surface area contributed by atoms with E-state index < -0.39 is 18.1 Å². The lowest BCUT2D eigenvalue weighted by molar-refractivity contribution is -0.0600. The number of amidine groups is 1. The molecule has 0 aromatic carbocycles. The van der Waals surface area contributed by atoms with Crippen LogP contribution in [0.2, 0.25) is 0 Å². The van der Waals surface area contributed by atoms with E-state index in [2.05, 4.69) is 4.99 Å². The Balaban J connectivity index is 2.58. The molecule has 0 aromatic rings. The van der Waals surface area contributed by atoms with Gasteiger partial charge >= 0.3 is 0 Å². The molecule has 0 radical (unpaired) electrons. The van der Waals surface area contributed by atoms with Crippen molar-refractivity contribution in [3.63, 3.8) is 0 Å². The first kappa shape index (κ1) is 14.2. The molecule has 17 heavy (non-hydrogen) atoms. The Kier molecular flexibility index (Phi) is 5.17. The lowest BCUT2D eigenvalue weighted by atomic mass is 9.93. The van der Waals surface area contributed by atoms with Gasteiger partial charge in [-0.25, -0.2) is 4.99 Å². The van der Waals surface area contributed by atoms with Crippen LogP contribution < -0.4 is 0 Å². The van der Waals surface area contributed by atoms with Gasteiger partial charge in [-0.15, -0.1) is 0 Å². The highest BCUT2D eigenvalue weighted by atomic mass is 16.5. The second-order valence-corrected chi connectivity index (χ2v) is 4.37. The zero-order valence-electron chi connectivity index (χ0n) is 10.6. The van der Waals surface area contributed by atoms with Crippen LogP contribution in [0.25, 0.3) is 0 Å². The molecule has 6 heteroatoms. The highest BCUT2D eigenvalue weighted by Gasteiger charge is 2.36. The number of rotatable bonds is 5. The Morgan fingerprint density at radius 1 is 1.53 bits per heavy atom. The third-order valence-electron chi connectivity index (χ3n) is 3.09. The molecule has 1 aliphatic rings. The fourth-order valence-electron chi connectivity index (χ4n) is 1.75. The summed E-state index contributed by atoms with van der Waals surface area (Å²) in [6.45, 7) is 4.40. The van der Waals surface area contributed by atoms with Crippen molar-refractivity contribution in [3.8, 4) is 0 Å². The maximum atomic E-state index is 9.77. The van der Waals surface area contributed by atoms with Gasteiger partial charge in [0.05, 0.1) is 25.4 Å². The number of aliphatic imine (C=N–C) groups is 1. The molecule has 3 N–H and O–H groups in total. The zero-order chi connectivity index (χ0) is 13.0. The molecular weight excluding hydrogens is 224 g/mol. The van der Waals surface area contributed by atoms with Gasteiger partial charge in [-0.3, -0.25) is 0 Å². The van der Waals surface area contributed by atoms with Gasteiger partial charge < -0.3 is 25.0 Å². The number of nitrogens with zero attached hydrogens (tertiary/aromatic N) is 2. The van der Waals surface area contributed by atoms with Gasteiger partial charge in [-0.2, -0.15) is 0 Å². The summed E-state index contributed by atoms with van der Waals surface area (Å²) in [4.78, 5) is 6.07. The summed E-state index contributed by atoms with van der Waals surface area (Å²) in [5.41, 5.74) is 0. The highest BCUT2D eigenvalue weighted by molar-refractivity contribution is 5.75. The predicted molar refractivity (Wildman–Crippen MR) is 63.7 cm³/mol. The third kappa shape index (κ3) is 3.31. The van der Waals surface area contributed by atoms with Crippen molar-refractivity contribution >= 4 is 6.02 Å². The molecule has 1 rings (SSSR count). The van der Waals surface area contributed by atoms with E-state index in [-0.39, 0.29) is 12.7 Å². The van der Waals surface area contributed by atoms with Crippen LogP contribution in [0, 0.1) is 5.92 Å². The average Bonchev–Trinajstić information content (AvgIpc) is 2.78. The number of aliphatic hydroxyl groups is 3. The van der Waals surface area contributed by atoms with Crippen molar-refractivity contribution in [3.05, 3.63) is 0 Å². The number of ether oxygens (including phenoxy) is 1. The van der Waals surface area contributed by atoms with Crippen LogP contribution in [0.5, 0.6) is 0 Å². The zero-order valence-corrected chi connectivity index (χ0v) is 10.6. The average molecular weight is 246 g/mol. The summed E-state index contributed by atoms with van der Waals surface area (Å²) >= 11 is 0. The van der Waals surface area contributed by atoms with Crippen molar-refractivity contribution in [1.82, 2.24) is 4.90 Å². The minimum Gasteiger partial charge on any atom is -0.459 e. The van der Waals surface area contributed by atoms with Gasteiger partial charge in [0.2, 0.25) is 0 Å². The van der Waals surface area contributed by atoms with E-state index in [0.29, 0.717) is 12.6 Å². The van der Waals surface area contributed by atoms with Crippen LogP contribution in [0.4, 0.5) is 0 Å². The quantitative estimate of drug-likeness (QED) is 0.582. The molecule has 0 bridgehead atoms. The predicted octanol–water partition coefficient (Wildman–Crippen LogP) is -0.957. The minimum absolute atomic E-state index is 0.241. The van der Waals surface area contributed by atoms with E-state index in [4.69, 9.17) is 4.74 Å². The van der Waals surface area contributed by atoms with Crippen LogP contribution >= 0.6 is 0 Å². The molecule has 0 saturated carbocycles. The van der Waals surface area contributed by atoms with Crippen molar-refractivity contribution in [1.29, 1.82) is 0 Å². The van der Waals surface area contributed by atoms with Crippen molar-refractivity contribution in [2.75, 3.05) is 26.7 Å². The fourth-order valence-corrected chi connectivity index (χ4v) is 1.75. The Hall–Kier alpha value is -0.850. The van der Waals surface area contributed by atoms with E-state index in [9.17, 15) is 15.3 Å². The molecular formula is C11H22N2O4. The molecule has 0 aromatic heterocycles. The van der Waals surface area contributed by atoms with Gasteiger partial charge in [-0.05, 0) is 13.8 Å². The summed E-state index contributed by atoms with van der Waals surface area (Å²) in [5, 5.41) is 28.4. The van der Waals surface area contributed by atoms with E-state index >= 15 is 0 Å². The summed E-state index contributed by atoms with van der Waals surface area (Å²) < 4.78 is 5.58. The smallest absolute Gasteiger partial charge is 0.287 e. The van der Waals surface area contributed by atoms with Crippen LogP contribution in [0.1, 0.15) is 13.8 Å². The van der Waals surface area contributed by atoms with E-state index in [1.165, 1.54) is 6.92 Å². The highest BCUT2D eigenvalue weighted by Crippen LogP contribution is 2.20. The Morgan fingerprint density at radius 3 is 2.65 bits per heavy atom. The minimum atomic E-state index is -1.01. The Morgan fingerprint density at radius 2 is 2.18 bits per heavy atom. The molecule has 6 nitrogen and oxygen atoms in total. The maximum absolute atomic E-state index is 9.77. The molecule has 0 amide bonds. The van der Waals surface area contributed by atoms with Crippen LogP contribution in [0.3, 0.4) is 0 Å². The number of hydrogen-bond donors (Lipinski definition) is 3. The van der Waals surface area contributed by atoms with Gasteiger partial charge in [0.1, 0.15) is 6.10 Å². The largest absolute Gasteiger partial charge is 0.459 e. The molecule has 1 unspecified atom stereocenters. The first-order valence-electron chi connectivity index (χ1n) is 5.90. The van der Waals surface area contributed by atoms with Crippen molar-refractivity contribution in [2.45, 2.75) is 32.2 Å². The normalized spacial score (nSPS) is 24.8. The first-order valence-corrected chi connectivity index (χ1v) is 5.90. The summed E-state index contributed by atoms with van der Waals surface area (Å²) in [5.74, 6) is -0.526. The van der Waals surface area contributed by atoms with Gasteiger partial charge in [0, 0.05) is 19.5 Å². The van der Waals surface area contributed by atoms with Gasteiger partial charge in [0.15, 0.2) is 0 Å². The SMILES string of the molecule is CCN(C)C1=NCC([C@H](CO)[C@@H](O)[C@@H](C)O)O1. The summed E-state index contributed by atoms with van der Waals surface area (Å²) in [7, 11) is 1.86. The molecule has 0 spiro atoms. The molecule has 4 atom stereocenters. The molecule has 0 saturated heterocycles. The van der Waals surface area contributed by atoms with Crippen LogP contribution in [-0.2, 0) is 4.74 Å². The Labute approximate surface area is 102 Å². The van der Waals surface area contributed by atoms with Crippen LogP contribution in [0.15, 0.2) is 4.99 Å². The van der Waals surface area contributed by atoms with Crippen LogP contribution in [-0.4, -0.2) is 71.3 Å². The molecule has 1 aliphatic heterocycles. The third-order valence-corrected chi connectivity index (χ3v) is 3.09. The van der Waals surface area contributed by atoms with E-state index in [1.54, 1.807) is 0 Å². The lowest BCUT2D eigenvalue weighted by Crippen LogP contribution is -2.43. The monoisotopic (exact) mass is 246 g/mol. The second kappa shape index (κ2) is 6.18. The molecule has 0 fully saturated rings. The summed E-state index contributed by atoms with van der Waals surface area (Å²) in [6.07, 6.45) is -2.29. The second-order valence-electron chi connectivity index (χ2n) is 4.37. The Bertz CT molecular complexity index is 270. The number of aliphatic hydroxyl groups excluding tert-OH is 3. The summed E-state index contributed by atoms with van der Waals surface area (Å²) in [6, 6.07) is 0.522. The lowest BCUT2D eigenvalue weighted by Gasteiger charge is -2.28.